The predicted molar refractivity (Wildman–Crippen MR) is 118 cm³/mol. The quantitative estimate of drug-likeness (QED) is 0.197. The Bertz CT molecular complexity index is 1340. The highest BCUT2D eigenvalue weighted by Crippen LogP contribution is 2.29. The highest BCUT2D eigenvalue weighted by molar-refractivity contribution is 6.31. The number of fused-ring (bicyclic) bond motifs is 2. The number of carbonyl (C=O) groups excluding carboxylic acids is 1. The SMILES string of the molecule is CC(C)=CCc1c(OC(=O)Cc2c[nH]c3cc(Cl)ccc23)ccc2ccc(=O)oc12. The first-order valence-corrected chi connectivity index (χ1v) is 9.94. The number of H-pyrrole nitrogens is 1. The normalized spacial score (nSPS) is 11.0. The number of rotatable bonds is 5. The Balaban J connectivity index is 1.66. The number of aromatic nitrogens is 1. The molecule has 0 bridgehead atoms. The topological polar surface area (TPSA) is 72.3 Å². The minimum absolute atomic E-state index is 0.0977. The van der Waals surface area contributed by atoms with Crippen molar-refractivity contribution in [1.29, 1.82) is 0 Å². The van der Waals surface area contributed by atoms with Gasteiger partial charge in [-0.1, -0.05) is 29.3 Å². The van der Waals surface area contributed by atoms with Crippen LogP contribution in [0.3, 0.4) is 0 Å². The lowest BCUT2D eigenvalue weighted by Crippen LogP contribution is -2.12. The highest BCUT2D eigenvalue weighted by Gasteiger charge is 2.16. The summed E-state index contributed by atoms with van der Waals surface area (Å²) in [4.78, 5) is 27.6. The standard InChI is InChI=1S/C24H20ClNO4/c1-14(2)3-7-19-21(9-4-15-5-10-22(27)30-24(15)19)29-23(28)11-16-13-26-20-12-17(25)6-8-18(16)20/h3-6,8-10,12-13,26H,7,11H2,1-2H3. The largest absolute Gasteiger partial charge is 0.426 e. The van der Waals surface area contributed by atoms with Crippen LogP contribution in [-0.4, -0.2) is 11.0 Å². The minimum Gasteiger partial charge on any atom is -0.426 e. The smallest absolute Gasteiger partial charge is 0.336 e. The zero-order valence-electron chi connectivity index (χ0n) is 16.6. The number of hydrogen-bond donors (Lipinski definition) is 1. The van der Waals surface area contributed by atoms with Gasteiger partial charge in [-0.3, -0.25) is 4.79 Å². The summed E-state index contributed by atoms with van der Waals surface area (Å²) in [6.07, 6.45) is 4.37. The summed E-state index contributed by atoms with van der Waals surface area (Å²) in [5.41, 5.74) is 3.46. The molecular weight excluding hydrogens is 402 g/mol. The van der Waals surface area contributed by atoms with Crippen LogP contribution in [0.25, 0.3) is 21.9 Å². The van der Waals surface area contributed by atoms with Crippen molar-refractivity contribution in [3.8, 4) is 5.75 Å². The van der Waals surface area contributed by atoms with E-state index in [0.717, 1.165) is 27.4 Å². The van der Waals surface area contributed by atoms with Crippen LogP contribution >= 0.6 is 11.6 Å². The Kier molecular flexibility index (Phi) is 5.46. The molecule has 0 unspecified atom stereocenters. The second-order valence-corrected chi connectivity index (χ2v) is 7.79. The highest BCUT2D eigenvalue weighted by atomic mass is 35.5. The van der Waals surface area contributed by atoms with Crippen molar-refractivity contribution < 1.29 is 13.9 Å². The molecule has 4 aromatic rings. The molecule has 152 valence electrons. The maximum atomic E-state index is 12.7. The van der Waals surface area contributed by atoms with E-state index < -0.39 is 11.6 Å². The average Bonchev–Trinajstić information content (AvgIpc) is 3.08. The van der Waals surface area contributed by atoms with Gasteiger partial charge in [-0.2, -0.15) is 0 Å². The van der Waals surface area contributed by atoms with Gasteiger partial charge in [-0.15, -0.1) is 0 Å². The minimum atomic E-state index is -0.443. The van der Waals surface area contributed by atoms with Crippen LogP contribution in [0.1, 0.15) is 25.0 Å². The zero-order valence-corrected chi connectivity index (χ0v) is 17.4. The summed E-state index contributed by atoms with van der Waals surface area (Å²) in [5, 5.41) is 2.32. The van der Waals surface area contributed by atoms with Crippen molar-refractivity contribution >= 4 is 39.4 Å². The van der Waals surface area contributed by atoms with Crippen molar-refractivity contribution in [3.05, 3.63) is 86.9 Å². The van der Waals surface area contributed by atoms with Crippen LogP contribution in [0.15, 0.2) is 69.5 Å². The molecule has 0 fully saturated rings. The molecule has 0 aliphatic carbocycles. The van der Waals surface area contributed by atoms with Gasteiger partial charge in [0, 0.05) is 39.1 Å². The fraction of sp³-hybridized carbons (Fsp3) is 0.167. The lowest BCUT2D eigenvalue weighted by Gasteiger charge is -2.11. The van der Waals surface area contributed by atoms with E-state index >= 15 is 0 Å². The summed E-state index contributed by atoms with van der Waals surface area (Å²) in [7, 11) is 0. The number of halogens is 1. The van der Waals surface area contributed by atoms with E-state index in [4.69, 9.17) is 20.8 Å². The van der Waals surface area contributed by atoms with Gasteiger partial charge < -0.3 is 14.1 Å². The number of esters is 1. The molecule has 2 aromatic heterocycles. The van der Waals surface area contributed by atoms with Crippen molar-refractivity contribution in [2.45, 2.75) is 26.7 Å². The first-order chi connectivity index (χ1) is 14.4. The second-order valence-electron chi connectivity index (χ2n) is 7.36. The van der Waals surface area contributed by atoms with Gasteiger partial charge in [0.15, 0.2) is 0 Å². The Labute approximate surface area is 177 Å². The molecule has 0 saturated heterocycles. The van der Waals surface area contributed by atoms with E-state index in [0.29, 0.717) is 28.3 Å². The van der Waals surface area contributed by atoms with Crippen LogP contribution in [0.4, 0.5) is 0 Å². The van der Waals surface area contributed by atoms with Gasteiger partial charge >= 0.3 is 11.6 Å². The van der Waals surface area contributed by atoms with E-state index in [1.165, 1.54) is 6.07 Å². The Morgan fingerprint density at radius 1 is 1.17 bits per heavy atom. The fourth-order valence-electron chi connectivity index (χ4n) is 3.39. The summed E-state index contributed by atoms with van der Waals surface area (Å²) in [6.45, 7) is 3.96. The molecular formula is C24H20ClNO4. The third-order valence-corrected chi connectivity index (χ3v) is 5.09. The number of nitrogens with one attached hydrogen (secondary N) is 1. The molecule has 30 heavy (non-hydrogen) atoms. The molecule has 0 amide bonds. The Morgan fingerprint density at radius 2 is 1.97 bits per heavy atom. The van der Waals surface area contributed by atoms with Crippen LogP contribution in [-0.2, 0) is 17.6 Å². The number of hydrogen-bond acceptors (Lipinski definition) is 4. The van der Waals surface area contributed by atoms with Crippen LogP contribution in [0, 0.1) is 0 Å². The van der Waals surface area contributed by atoms with Gasteiger partial charge in [0.25, 0.3) is 0 Å². The summed E-state index contributed by atoms with van der Waals surface area (Å²) in [5.74, 6) is -0.0100. The Hall–Kier alpha value is -3.31. The van der Waals surface area contributed by atoms with Gasteiger partial charge in [-0.25, -0.2) is 4.79 Å². The molecule has 5 nitrogen and oxygen atoms in total. The number of carbonyl (C=O) groups is 1. The number of ether oxygens (including phenoxy) is 1. The molecule has 2 heterocycles. The van der Waals surface area contributed by atoms with Gasteiger partial charge in [0.2, 0.25) is 0 Å². The fourth-order valence-corrected chi connectivity index (χ4v) is 3.56. The molecule has 0 spiro atoms. The molecule has 1 N–H and O–H groups in total. The first kappa shape index (κ1) is 20.0. The molecule has 0 radical (unpaired) electrons. The van der Waals surface area contributed by atoms with Crippen LogP contribution in [0.2, 0.25) is 5.02 Å². The van der Waals surface area contributed by atoms with E-state index in [9.17, 15) is 9.59 Å². The molecule has 0 atom stereocenters. The first-order valence-electron chi connectivity index (χ1n) is 9.56. The van der Waals surface area contributed by atoms with Crippen molar-refractivity contribution in [2.24, 2.45) is 0 Å². The molecule has 0 aliphatic heterocycles. The van der Waals surface area contributed by atoms with Gasteiger partial charge in [0.1, 0.15) is 11.3 Å². The molecule has 2 aromatic carbocycles. The molecule has 6 heteroatoms. The van der Waals surface area contributed by atoms with Crippen molar-refractivity contribution in [1.82, 2.24) is 4.98 Å². The van der Waals surface area contributed by atoms with E-state index in [2.05, 4.69) is 4.98 Å². The number of allylic oxidation sites excluding steroid dienone is 2. The monoisotopic (exact) mass is 421 g/mol. The molecule has 4 rings (SSSR count). The zero-order chi connectivity index (χ0) is 21.3. The second kappa shape index (κ2) is 8.20. The van der Waals surface area contributed by atoms with E-state index in [1.54, 1.807) is 30.5 Å². The van der Waals surface area contributed by atoms with Gasteiger partial charge in [-0.05, 0) is 56.2 Å². The lowest BCUT2D eigenvalue weighted by molar-refractivity contribution is -0.133. The average molecular weight is 422 g/mol. The third kappa shape index (κ3) is 4.16. The predicted octanol–water partition coefficient (Wildman–Crippen LogP) is 5.58. The van der Waals surface area contributed by atoms with E-state index in [-0.39, 0.29) is 6.42 Å². The van der Waals surface area contributed by atoms with E-state index in [1.807, 2.05) is 32.1 Å². The molecule has 0 saturated carbocycles. The molecule has 0 aliphatic rings. The lowest BCUT2D eigenvalue weighted by atomic mass is 10.1. The number of benzene rings is 2. The number of aromatic amines is 1. The van der Waals surface area contributed by atoms with Gasteiger partial charge in [0.05, 0.1) is 6.42 Å². The maximum absolute atomic E-state index is 12.7. The van der Waals surface area contributed by atoms with Crippen molar-refractivity contribution in [2.75, 3.05) is 0 Å². The Morgan fingerprint density at radius 3 is 2.77 bits per heavy atom. The van der Waals surface area contributed by atoms with Crippen LogP contribution in [0.5, 0.6) is 5.75 Å². The van der Waals surface area contributed by atoms with Crippen molar-refractivity contribution in [3.63, 3.8) is 0 Å². The maximum Gasteiger partial charge on any atom is 0.336 e. The third-order valence-electron chi connectivity index (χ3n) is 4.85. The van der Waals surface area contributed by atoms with Crippen LogP contribution < -0.4 is 10.4 Å². The summed E-state index contributed by atoms with van der Waals surface area (Å²) in [6, 6.07) is 12.1. The summed E-state index contributed by atoms with van der Waals surface area (Å²) >= 11 is 6.02. The summed E-state index contributed by atoms with van der Waals surface area (Å²) < 4.78 is 11.1.